The highest BCUT2D eigenvalue weighted by Crippen LogP contribution is 2.46. The van der Waals surface area contributed by atoms with Gasteiger partial charge in [0.25, 0.3) is 0 Å². The van der Waals surface area contributed by atoms with E-state index >= 15 is 0 Å². The normalized spacial score (nSPS) is 39.7. The minimum absolute atomic E-state index is 0.270. The van der Waals surface area contributed by atoms with E-state index in [2.05, 4.69) is 12.2 Å². The maximum atomic E-state index is 10.3. The molecular weight excluding hydrogens is 196 g/mol. The van der Waals surface area contributed by atoms with Crippen LogP contribution in [0.4, 0.5) is 0 Å². The standard InChI is InChI=1S/C15H24O/c16-15(7-1-2-8-15)9-3-4-13-10-12-5-6-14(13)11-12/h5-6,12-14,16H,1-4,7-11H2. The number of rotatable bonds is 4. The molecule has 0 aromatic rings. The number of hydrogen-bond acceptors (Lipinski definition) is 1. The van der Waals surface area contributed by atoms with E-state index in [4.69, 9.17) is 0 Å². The van der Waals surface area contributed by atoms with Gasteiger partial charge in [-0.25, -0.2) is 0 Å². The van der Waals surface area contributed by atoms with Gasteiger partial charge in [0.05, 0.1) is 5.60 Å². The van der Waals surface area contributed by atoms with Gasteiger partial charge in [-0.15, -0.1) is 0 Å². The van der Waals surface area contributed by atoms with E-state index in [0.717, 1.165) is 37.0 Å². The van der Waals surface area contributed by atoms with Crippen molar-refractivity contribution >= 4 is 0 Å². The zero-order valence-electron chi connectivity index (χ0n) is 10.2. The van der Waals surface area contributed by atoms with Crippen molar-refractivity contribution in [1.82, 2.24) is 0 Å². The van der Waals surface area contributed by atoms with E-state index < -0.39 is 0 Å². The molecule has 1 heteroatoms. The molecule has 2 fully saturated rings. The van der Waals surface area contributed by atoms with E-state index in [9.17, 15) is 5.11 Å². The first-order valence-electron chi connectivity index (χ1n) is 7.16. The summed E-state index contributed by atoms with van der Waals surface area (Å²) in [6.45, 7) is 0. The van der Waals surface area contributed by atoms with Crippen molar-refractivity contribution in [2.45, 2.75) is 63.4 Å². The fourth-order valence-electron chi connectivity index (χ4n) is 4.20. The molecule has 2 bridgehead atoms. The highest BCUT2D eigenvalue weighted by atomic mass is 16.3. The number of aliphatic hydroxyl groups is 1. The zero-order chi connectivity index (χ0) is 11.0. The highest BCUT2D eigenvalue weighted by Gasteiger charge is 2.36. The summed E-state index contributed by atoms with van der Waals surface area (Å²) in [5.74, 6) is 2.74. The Morgan fingerprint density at radius 3 is 2.56 bits per heavy atom. The topological polar surface area (TPSA) is 20.2 Å². The third-order valence-electron chi connectivity index (χ3n) is 5.17. The molecule has 0 radical (unpaired) electrons. The average molecular weight is 220 g/mol. The predicted molar refractivity (Wildman–Crippen MR) is 66.1 cm³/mol. The SMILES string of the molecule is OC1(CCCC2CC3C=CC2C3)CCCC1. The Bertz CT molecular complexity index is 275. The summed E-state index contributed by atoms with van der Waals surface area (Å²) in [5, 5.41) is 10.3. The van der Waals surface area contributed by atoms with Crippen LogP contribution in [-0.4, -0.2) is 10.7 Å². The third-order valence-corrected chi connectivity index (χ3v) is 5.17. The van der Waals surface area contributed by atoms with Crippen molar-refractivity contribution in [3.8, 4) is 0 Å². The fourth-order valence-corrected chi connectivity index (χ4v) is 4.20. The van der Waals surface area contributed by atoms with Gasteiger partial charge in [0.1, 0.15) is 0 Å². The third kappa shape index (κ3) is 2.07. The van der Waals surface area contributed by atoms with Gasteiger partial charge in [0.2, 0.25) is 0 Å². The van der Waals surface area contributed by atoms with Crippen molar-refractivity contribution in [2.75, 3.05) is 0 Å². The molecular formula is C15H24O. The molecule has 3 aliphatic carbocycles. The lowest BCUT2D eigenvalue weighted by Crippen LogP contribution is -2.24. The van der Waals surface area contributed by atoms with Crippen molar-refractivity contribution < 1.29 is 5.11 Å². The van der Waals surface area contributed by atoms with Crippen LogP contribution in [-0.2, 0) is 0 Å². The van der Waals surface area contributed by atoms with Crippen LogP contribution >= 0.6 is 0 Å². The smallest absolute Gasteiger partial charge is 0.0647 e. The Morgan fingerprint density at radius 1 is 1.12 bits per heavy atom. The lowest BCUT2D eigenvalue weighted by molar-refractivity contribution is 0.0348. The second-order valence-electron chi connectivity index (χ2n) is 6.36. The van der Waals surface area contributed by atoms with Crippen LogP contribution < -0.4 is 0 Å². The summed E-state index contributed by atoms with van der Waals surface area (Å²) in [5.41, 5.74) is -0.270. The van der Waals surface area contributed by atoms with E-state index in [-0.39, 0.29) is 5.60 Å². The first kappa shape index (κ1) is 10.8. The van der Waals surface area contributed by atoms with Crippen LogP contribution in [0.1, 0.15) is 57.8 Å². The number of hydrogen-bond donors (Lipinski definition) is 1. The lowest BCUT2D eigenvalue weighted by atomic mass is 9.86. The molecule has 3 unspecified atom stereocenters. The van der Waals surface area contributed by atoms with Crippen LogP contribution in [0.25, 0.3) is 0 Å². The summed E-state index contributed by atoms with van der Waals surface area (Å²) in [6, 6.07) is 0. The summed E-state index contributed by atoms with van der Waals surface area (Å²) < 4.78 is 0. The van der Waals surface area contributed by atoms with E-state index in [1.165, 1.54) is 38.5 Å². The molecule has 0 aromatic carbocycles. The molecule has 1 nitrogen and oxygen atoms in total. The predicted octanol–water partition coefficient (Wildman–Crippen LogP) is 3.67. The Morgan fingerprint density at radius 2 is 1.94 bits per heavy atom. The summed E-state index contributed by atoms with van der Waals surface area (Å²) in [4.78, 5) is 0. The van der Waals surface area contributed by atoms with Gasteiger partial charge in [0, 0.05) is 0 Å². The minimum Gasteiger partial charge on any atom is -0.390 e. The minimum atomic E-state index is -0.270. The monoisotopic (exact) mass is 220 g/mol. The molecule has 16 heavy (non-hydrogen) atoms. The van der Waals surface area contributed by atoms with Crippen LogP contribution in [0.5, 0.6) is 0 Å². The van der Waals surface area contributed by atoms with Gasteiger partial charge in [0.15, 0.2) is 0 Å². The zero-order valence-corrected chi connectivity index (χ0v) is 10.2. The lowest BCUT2D eigenvalue weighted by Gasteiger charge is -2.24. The van der Waals surface area contributed by atoms with Crippen molar-refractivity contribution in [1.29, 1.82) is 0 Å². The molecule has 2 saturated carbocycles. The van der Waals surface area contributed by atoms with Gasteiger partial charge >= 0.3 is 0 Å². The van der Waals surface area contributed by atoms with Gasteiger partial charge in [-0.2, -0.15) is 0 Å². The molecule has 3 aliphatic rings. The first-order valence-corrected chi connectivity index (χ1v) is 7.16. The van der Waals surface area contributed by atoms with Crippen LogP contribution in [0.3, 0.4) is 0 Å². The molecule has 90 valence electrons. The molecule has 0 aliphatic heterocycles. The molecule has 0 saturated heterocycles. The van der Waals surface area contributed by atoms with Crippen LogP contribution in [0, 0.1) is 17.8 Å². The Balaban J connectivity index is 1.42. The van der Waals surface area contributed by atoms with Crippen LogP contribution in [0.2, 0.25) is 0 Å². The van der Waals surface area contributed by atoms with Crippen molar-refractivity contribution in [3.63, 3.8) is 0 Å². The quantitative estimate of drug-likeness (QED) is 0.717. The first-order chi connectivity index (χ1) is 7.75. The molecule has 0 spiro atoms. The van der Waals surface area contributed by atoms with Crippen molar-refractivity contribution in [3.05, 3.63) is 12.2 Å². The Labute approximate surface area is 98.9 Å². The largest absolute Gasteiger partial charge is 0.390 e. The maximum absolute atomic E-state index is 10.3. The summed E-state index contributed by atoms with van der Waals surface area (Å²) in [6.07, 6.45) is 16.0. The van der Waals surface area contributed by atoms with Gasteiger partial charge in [-0.1, -0.05) is 31.4 Å². The summed E-state index contributed by atoms with van der Waals surface area (Å²) in [7, 11) is 0. The molecule has 3 rings (SSSR count). The average Bonchev–Trinajstić information content (AvgIpc) is 2.94. The summed E-state index contributed by atoms with van der Waals surface area (Å²) >= 11 is 0. The van der Waals surface area contributed by atoms with Crippen LogP contribution in [0.15, 0.2) is 12.2 Å². The van der Waals surface area contributed by atoms with E-state index in [1.54, 1.807) is 0 Å². The van der Waals surface area contributed by atoms with Gasteiger partial charge in [-0.05, 0) is 56.3 Å². The Kier molecular flexibility index (Phi) is 2.83. The molecule has 0 amide bonds. The molecule has 3 atom stereocenters. The second-order valence-corrected chi connectivity index (χ2v) is 6.36. The second kappa shape index (κ2) is 4.18. The van der Waals surface area contributed by atoms with Gasteiger partial charge < -0.3 is 5.11 Å². The highest BCUT2D eigenvalue weighted by molar-refractivity contribution is 5.09. The van der Waals surface area contributed by atoms with E-state index in [0.29, 0.717) is 0 Å². The Hall–Kier alpha value is -0.300. The van der Waals surface area contributed by atoms with Gasteiger partial charge in [-0.3, -0.25) is 0 Å². The number of fused-ring (bicyclic) bond motifs is 2. The maximum Gasteiger partial charge on any atom is 0.0647 e. The number of allylic oxidation sites excluding steroid dienone is 2. The molecule has 1 N–H and O–H groups in total. The molecule has 0 aromatic heterocycles. The van der Waals surface area contributed by atoms with Crippen molar-refractivity contribution in [2.24, 2.45) is 17.8 Å². The fraction of sp³-hybridized carbons (Fsp3) is 0.867. The molecule has 0 heterocycles. The van der Waals surface area contributed by atoms with E-state index in [1.807, 2.05) is 0 Å².